The molecule has 0 atom stereocenters. The SMILES string of the molecule is Cc1cccc(OCCCONC(N)=NOS(=O)(=O)c2cccc3cnccc23)c1. The fraction of sp³-hybridized carbons (Fsp3) is 0.200. The zero-order valence-electron chi connectivity index (χ0n) is 16.3. The summed E-state index contributed by atoms with van der Waals surface area (Å²) in [6.07, 6.45) is 3.64. The number of oxime groups is 1. The summed E-state index contributed by atoms with van der Waals surface area (Å²) in [5, 5.41) is 4.51. The molecule has 0 fully saturated rings. The lowest BCUT2D eigenvalue weighted by Crippen LogP contribution is -2.32. The minimum absolute atomic E-state index is 0.0341. The number of hydrogen-bond donors (Lipinski definition) is 2. The van der Waals surface area contributed by atoms with Crippen molar-refractivity contribution >= 4 is 26.9 Å². The molecule has 10 heteroatoms. The molecule has 0 aliphatic heterocycles. The third kappa shape index (κ3) is 5.82. The molecule has 158 valence electrons. The molecule has 3 aromatic rings. The molecule has 1 heterocycles. The molecule has 9 nitrogen and oxygen atoms in total. The highest BCUT2D eigenvalue weighted by molar-refractivity contribution is 7.87. The average molecular weight is 430 g/mol. The molecule has 0 unspecified atom stereocenters. The van der Waals surface area contributed by atoms with Crippen molar-refractivity contribution in [3.63, 3.8) is 0 Å². The van der Waals surface area contributed by atoms with Gasteiger partial charge in [-0.1, -0.05) is 24.3 Å². The Morgan fingerprint density at radius 3 is 2.83 bits per heavy atom. The van der Waals surface area contributed by atoms with Gasteiger partial charge < -0.3 is 10.5 Å². The van der Waals surface area contributed by atoms with Crippen molar-refractivity contribution in [1.29, 1.82) is 0 Å². The molecule has 2 aromatic carbocycles. The van der Waals surface area contributed by atoms with E-state index in [2.05, 4.69) is 19.9 Å². The van der Waals surface area contributed by atoms with Crippen LogP contribution in [0.2, 0.25) is 0 Å². The van der Waals surface area contributed by atoms with Crippen LogP contribution in [0.3, 0.4) is 0 Å². The Morgan fingerprint density at radius 1 is 1.17 bits per heavy atom. The van der Waals surface area contributed by atoms with Gasteiger partial charge in [0.05, 0.1) is 13.2 Å². The Balaban J connectivity index is 1.45. The van der Waals surface area contributed by atoms with Crippen LogP contribution in [0.25, 0.3) is 10.8 Å². The summed E-state index contributed by atoms with van der Waals surface area (Å²) in [6.45, 7) is 2.70. The normalized spacial score (nSPS) is 12.0. The standard InChI is InChI=1S/C20H22N4O5S/c1-15-5-2-7-17(13-15)27-11-4-12-28-23-20(21)24-29-30(25,26)19-8-3-6-16-14-22-10-9-18(16)19/h2-3,5-10,13-14H,4,11-12H2,1H3,(H3,21,23,24). The molecule has 0 aliphatic rings. The van der Waals surface area contributed by atoms with Crippen molar-refractivity contribution in [2.75, 3.05) is 13.2 Å². The van der Waals surface area contributed by atoms with E-state index in [1.54, 1.807) is 24.4 Å². The Hall–Kier alpha value is -3.37. The van der Waals surface area contributed by atoms with Gasteiger partial charge in [-0.15, -0.1) is 0 Å². The van der Waals surface area contributed by atoms with E-state index < -0.39 is 10.1 Å². The van der Waals surface area contributed by atoms with Crippen molar-refractivity contribution in [2.45, 2.75) is 18.2 Å². The van der Waals surface area contributed by atoms with Crippen LogP contribution in [0.1, 0.15) is 12.0 Å². The number of fused-ring (bicyclic) bond motifs is 1. The Labute approximate surface area is 174 Å². The lowest BCUT2D eigenvalue weighted by Gasteiger charge is -2.08. The van der Waals surface area contributed by atoms with Crippen molar-refractivity contribution in [1.82, 2.24) is 10.5 Å². The van der Waals surface area contributed by atoms with Gasteiger partial charge in [-0.2, -0.15) is 8.42 Å². The highest BCUT2D eigenvalue weighted by Crippen LogP contribution is 2.23. The first kappa shape index (κ1) is 21.3. The van der Waals surface area contributed by atoms with Crippen LogP contribution in [0.5, 0.6) is 5.75 Å². The van der Waals surface area contributed by atoms with E-state index in [1.165, 1.54) is 12.3 Å². The number of ether oxygens (including phenoxy) is 1. The molecule has 0 saturated heterocycles. The van der Waals surface area contributed by atoms with Crippen LogP contribution >= 0.6 is 0 Å². The van der Waals surface area contributed by atoms with E-state index in [-0.39, 0.29) is 17.5 Å². The molecule has 30 heavy (non-hydrogen) atoms. The predicted octanol–water partition coefficient (Wildman–Crippen LogP) is 2.47. The number of pyridine rings is 1. The maximum Gasteiger partial charge on any atom is 0.359 e. The van der Waals surface area contributed by atoms with E-state index in [0.717, 1.165) is 11.3 Å². The lowest BCUT2D eigenvalue weighted by atomic mass is 10.2. The smallest absolute Gasteiger partial charge is 0.359 e. The van der Waals surface area contributed by atoms with Crippen molar-refractivity contribution in [3.05, 3.63) is 66.5 Å². The van der Waals surface area contributed by atoms with Gasteiger partial charge in [0.2, 0.25) is 0 Å². The summed E-state index contributed by atoms with van der Waals surface area (Å²) < 4.78 is 35.1. The number of aryl methyl sites for hydroxylation is 1. The minimum atomic E-state index is -4.17. The number of nitrogens with one attached hydrogen (secondary N) is 1. The molecule has 0 amide bonds. The monoisotopic (exact) mass is 430 g/mol. The van der Waals surface area contributed by atoms with Gasteiger partial charge in [0, 0.05) is 29.6 Å². The second-order valence-corrected chi connectivity index (χ2v) is 7.82. The van der Waals surface area contributed by atoms with E-state index in [1.807, 2.05) is 31.2 Å². The van der Waals surface area contributed by atoms with Crippen molar-refractivity contribution in [3.8, 4) is 5.75 Å². The Kier molecular flexibility index (Phi) is 7.04. The van der Waals surface area contributed by atoms with E-state index in [0.29, 0.717) is 23.8 Å². The molecular weight excluding hydrogens is 408 g/mol. The highest BCUT2D eigenvalue weighted by atomic mass is 32.2. The van der Waals surface area contributed by atoms with Crippen molar-refractivity contribution < 1.29 is 22.3 Å². The number of aromatic nitrogens is 1. The molecule has 0 radical (unpaired) electrons. The van der Waals surface area contributed by atoms with Gasteiger partial charge in [-0.3, -0.25) is 14.1 Å². The summed E-state index contributed by atoms with van der Waals surface area (Å²) in [6, 6.07) is 14.1. The quantitative estimate of drug-likeness (QED) is 0.230. The first-order chi connectivity index (χ1) is 14.5. The van der Waals surface area contributed by atoms with Crippen LogP contribution in [0, 0.1) is 6.92 Å². The molecule has 0 spiro atoms. The molecule has 0 aliphatic carbocycles. The topological polar surface area (TPSA) is 125 Å². The summed E-state index contributed by atoms with van der Waals surface area (Å²) in [5.74, 6) is 0.451. The van der Waals surface area contributed by atoms with Gasteiger partial charge in [-0.25, -0.2) is 5.48 Å². The number of hydroxylamine groups is 1. The lowest BCUT2D eigenvalue weighted by molar-refractivity contribution is 0.0719. The highest BCUT2D eigenvalue weighted by Gasteiger charge is 2.19. The molecule has 0 saturated carbocycles. The minimum Gasteiger partial charge on any atom is -0.493 e. The van der Waals surface area contributed by atoms with E-state index in [4.69, 9.17) is 15.3 Å². The first-order valence-corrected chi connectivity index (χ1v) is 10.5. The van der Waals surface area contributed by atoms with Crippen molar-refractivity contribution in [2.24, 2.45) is 10.9 Å². The Bertz CT molecular complexity index is 1130. The van der Waals surface area contributed by atoms with E-state index in [9.17, 15) is 8.42 Å². The second kappa shape index (κ2) is 9.90. The van der Waals surface area contributed by atoms with Crippen LogP contribution in [-0.2, 0) is 19.2 Å². The molecule has 0 bridgehead atoms. The van der Waals surface area contributed by atoms with Gasteiger partial charge >= 0.3 is 10.1 Å². The summed E-state index contributed by atoms with van der Waals surface area (Å²) in [5.41, 5.74) is 9.02. The summed E-state index contributed by atoms with van der Waals surface area (Å²) in [4.78, 5) is 9.06. The number of benzene rings is 2. The average Bonchev–Trinajstić information content (AvgIpc) is 2.74. The maximum atomic E-state index is 12.4. The fourth-order valence-corrected chi connectivity index (χ4v) is 3.57. The summed E-state index contributed by atoms with van der Waals surface area (Å²) in [7, 11) is -4.17. The van der Waals surface area contributed by atoms with Crippen LogP contribution < -0.4 is 16.0 Å². The third-order valence-electron chi connectivity index (χ3n) is 3.97. The summed E-state index contributed by atoms with van der Waals surface area (Å²) >= 11 is 0. The largest absolute Gasteiger partial charge is 0.493 e. The van der Waals surface area contributed by atoms with Gasteiger partial charge in [0.25, 0.3) is 5.96 Å². The molecular formula is C20H22N4O5S. The van der Waals surface area contributed by atoms with Gasteiger partial charge in [-0.05, 0) is 41.9 Å². The predicted molar refractivity (Wildman–Crippen MR) is 112 cm³/mol. The van der Waals surface area contributed by atoms with E-state index >= 15 is 0 Å². The fourth-order valence-electron chi connectivity index (χ4n) is 2.61. The second-order valence-electron chi connectivity index (χ2n) is 6.33. The molecule has 3 rings (SSSR count). The number of guanidine groups is 1. The number of nitrogens with zero attached hydrogens (tertiary/aromatic N) is 2. The van der Waals surface area contributed by atoms with Crippen LogP contribution in [0.4, 0.5) is 0 Å². The number of nitrogens with two attached hydrogens (primary N) is 1. The molecule has 1 aromatic heterocycles. The first-order valence-electron chi connectivity index (χ1n) is 9.13. The zero-order valence-corrected chi connectivity index (χ0v) is 17.1. The zero-order chi connectivity index (χ0) is 21.4. The molecule has 3 N–H and O–H groups in total. The third-order valence-corrected chi connectivity index (χ3v) is 5.14. The van der Waals surface area contributed by atoms with Gasteiger partial charge in [0.15, 0.2) is 0 Å². The number of rotatable bonds is 9. The maximum absolute atomic E-state index is 12.4. The Morgan fingerprint density at radius 2 is 2.00 bits per heavy atom. The van der Waals surface area contributed by atoms with Crippen LogP contribution in [0.15, 0.2) is 71.0 Å². The van der Waals surface area contributed by atoms with Crippen LogP contribution in [-0.4, -0.2) is 32.6 Å². The van der Waals surface area contributed by atoms with Gasteiger partial charge in [0.1, 0.15) is 10.6 Å². The number of hydrogen-bond acceptors (Lipinski definition) is 7.